The molecule has 0 aliphatic carbocycles. The number of nitrogens with two attached hydrogens (primary N) is 1. The second-order valence-corrected chi connectivity index (χ2v) is 3.07. The molecule has 0 spiro atoms. The van der Waals surface area contributed by atoms with Crippen molar-refractivity contribution in [2.75, 3.05) is 5.32 Å². The number of halogens is 1. The van der Waals surface area contributed by atoms with Gasteiger partial charge >= 0.3 is 0 Å². The van der Waals surface area contributed by atoms with Crippen LogP contribution in [0.5, 0.6) is 0 Å². The van der Waals surface area contributed by atoms with Gasteiger partial charge in [-0.05, 0) is 19.1 Å². The molecule has 0 bridgehead atoms. The van der Waals surface area contributed by atoms with Gasteiger partial charge in [0.15, 0.2) is 0 Å². The highest BCUT2D eigenvalue weighted by molar-refractivity contribution is 6.30. The first-order chi connectivity index (χ1) is 6.09. The summed E-state index contributed by atoms with van der Waals surface area (Å²) < 4.78 is 0. The predicted molar refractivity (Wildman–Crippen MR) is 51.5 cm³/mol. The summed E-state index contributed by atoms with van der Waals surface area (Å²) in [6.07, 6.45) is 1.51. The van der Waals surface area contributed by atoms with E-state index in [9.17, 15) is 4.79 Å². The lowest BCUT2D eigenvalue weighted by molar-refractivity contribution is -0.117. The maximum absolute atomic E-state index is 11.1. The Balaban J connectivity index is 2.69. The van der Waals surface area contributed by atoms with E-state index in [0.29, 0.717) is 10.8 Å². The van der Waals surface area contributed by atoms with Crippen LogP contribution in [0.2, 0.25) is 5.02 Å². The maximum atomic E-state index is 11.1. The van der Waals surface area contributed by atoms with Gasteiger partial charge in [-0.25, -0.2) is 4.98 Å². The summed E-state index contributed by atoms with van der Waals surface area (Å²) in [5, 5.41) is 3.05. The van der Waals surface area contributed by atoms with Crippen LogP contribution in [-0.4, -0.2) is 16.9 Å². The molecule has 1 unspecified atom stereocenters. The molecule has 70 valence electrons. The van der Waals surface area contributed by atoms with Crippen molar-refractivity contribution in [1.29, 1.82) is 0 Å². The minimum absolute atomic E-state index is 0.283. The van der Waals surface area contributed by atoms with Crippen LogP contribution in [0.25, 0.3) is 0 Å². The van der Waals surface area contributed by atoms with Crippen LogP contribution < -0.4 is 11.1 Å². The molecular weight excluding hydrogens is 190 g/mol. The lowest BCUT2D eigenvalue weighted by Crippen LogP contribution is -2.32. The van der Waals surface area contributed by atoms with Crippen molar-refractivity contribution >= 4 is 23.3 Å². The molecule has 1 atom stereocenters. The van der Waals surface area contributed by atoms with E-state index >= 15 is 0 Å². The standard InChI is InChI=1S/C8H10ClN3O/c1-5(10)8(13)12-7-4-6(9)2-3-11-7/h2-5H,10H2,1H3,(H,11,12,13). The third kappa shape index (κ3) is 3.01. The molecule has 1 rings (SSSR count). The Kier molecular flexibility index (Phi) is 3.22. The third-order valence-corrected chi connectivity index (χ3v) is 1.62. The number of rotatable bonds is 2. The highest BCUT2D eigenvalue weighted by Gasteiger charge is 2.07. The zero-order valence-corrected chi connectivity index (χ0v) is 7.88. The Morgan fingerprint density at radius 1 is 1.77 bits per heavy atom. The molecule has 0 saturated heterocycles. The van der Waals surface area contributed by atoms with E-state index in [4.69, 9.17) is 17.3 Å². The fourth-order valence-electron chi connectivity index (χ4n) is 0.713. The topological polar surface area (TPSA) is 68.0 Å². The lowest BCUT2D eigenvalue weighted by Gasteiger charge is -2.06. The van der Waals surface area contributed by atoms with Crippen molar-refractivity contribution in [3.8, 4) is 0 Å². The number of pyridine rings is 1. The lowest BCUT2D eigenvalue weighted by atomic mass is 10.3. The number of carbonyl (C=O) groups is 1. The van der Waals surface area contributed by atoms with Gasteiger partial charge in [0.05, 0.1) is 6.04 Å². The molecule has 5 heteroatoms. The molecule has 3 N–H and O–H groups in total. The number of nitrogens with one attached hydrogen (secondary N) is 1. The molecule has 0 aromatic carbocycles. The Bertz CT molecular complexity index is 314. The molecule has 4 nitrogen and oxygen atoms in total. The smallest absolute Gasteiger partial charge is 0.242 e. The van der Waals surface area contributed by atoms with Crippen molar-refractivity contribution in [2.24, 2.45) is 5.73 Å². The number of amides is 1. The van der Waals surface area contributed by atoms with Crippen LogP contribution in [0.4, 0.5) is 5.82 Å². The average molecular weight is 200 g/mol. The van der Waals surface area contributed by atoms with Gasteiger partial charge in [-0.1, -0.05) is 11.6 Å². The predicted octanol–water partition coefficient (Wildman–Crippen LogP) is 1.02. The number of carbonyl (C=O) groups excluding carboxylic acids is 1. The summed E-state index contributed by atoms with van der Waals surface area (Å²) in [5.74, 6) is 0.129. The van der Waals surface area contributed by atoms with E-state index in [1.165, 1.54) is 6.20 Å². The van der Waals surface area contributed by atoms with Crippen molar-refractivity contribution in [1.82, 2.24) is 4.98 Å². The second-order valence-electron chi connectivity index (χ2n) is 2.64. The van der Waals surface area contributed by atoms with Crippen LogP contribution in [0.15, 0.2) is 18.3 Å². The molecule has 1 amide bonds. The van der Waals surface area contributed by atoms with Crippen LogP contribution in [-0.2, 0) is 4.79 Å². The number of hydrogen-bond donors (Lipinski definition) is 2. The van der Waals surface area contributed by atoms with Crippen LogP contribution in [0.1, 0.15) is 6.92 Å². The van der Waals surface area contributed by atoms with Crippen molar-refractivity contribution in [3.05, 3.63) is 23.4 Å². The monoisotopic (exact) mass is 199 g/mol. The van der Waals surface area contributed by atoms with Gasteiger partial charge in [0, 0.05) is 11.2 Å². The molecule has 1 aromatic heterocycles. The summed E-state index contributed by atoms with van der Waals surface area (Å²) >= 11 is 5.69. The van der Waals surface area contributed by atoms with E-state index in [1.54, 1.807) is 19.1 Å². The van der Waals surface area contributed by atoms with E-state index in [1.807, 2.05) is 0 Å². The fraction of sp³-hybridized carbons (Fsp3) is 0.250. The number of aromatic nitrogens is 1. The molecule has 0 aliphatic heterocycles. The van der Waals surface area contributed by atoms with Gasteiger partial charge in [0.2, 0.25) is 5.91 Å². The summed E-state index contributed by atoms with van der Waals surface area (Å²) in [5.41, 5.74) is 5.35. The van der Waals surface area contributed by atoms with E-state index < -0.39 is 6.04 Å². The zero-order chi connectivity index (χ0) is 9.84. The highest BCUT2D eigenvalue weighted by Crippen LogP contribution is 2.11. The Morgan fingerprint density at radius 2 is 2.46 bits per heavy atom. The number of anilines is 1. The first kappa shape index (κ1) is 9.95. The average Bonchev–Trinajstić information content (AvgIpc) is 2.04. The molecule has 0 fully saturated rings. The van der Waals surface area contributed by atoms with Crippen LogP contribution in [0, 0.1) is 0 Å². The summed E-state index contributed by atoms with van der Waals surface area (Å²) in [7, 11) is 0. The Morgan fingerprint density at radius 3 is 3.00 bits per heavy atom. The van der Waals surface area contributed by atoms with Crippen molar-refractivity contribution in [2.45, 2.75) is 13.0 Å². The van der Waals surface area contributed by atoms with E-state index in [0.717, 1.165) is 0 Å². The van der Waals surface area contributed by atoms with Crippen molar-refractivity contribution in [3.63, 3.8) is 0 Å². The van der Waals surface area contributed by atoms with Gasteiger partial charge < -0.3 is 11.1 Å². The SMILES string of the molecule is CC(N)C(=O)Nc1cc(Cl)ccn1. The van der Waals surface area contributed by atoms with Crippen LogP contribution in [0.3, 0.4) is 0 Å². The number of hydrogen-bond acceptors (Lipinski definition) is 3. The molecule has 0 radical (unpaired) electrons. The third-order valence-electron chi connectivity index (χ3n) is 1.39. The molecule has 0 aliphatic rings. The molecule has 1 aromatic rings. The van der Waals surface area contributed by atoms with Gasteiger partial charge in [0.1, 0.15) is 5.82 Å². The Hall–Kier alpha value is -1.13. The zero-order valence-electron chi connectivity index (χ0n) is 7.12. The highest BCUT2D eigenvalue weighted by atomic mass is 35.5. The molecular formula is C8H10ClN3O. The van der Waals surface area contributed by atoms with Gasteiger partial charge in [0.25, 0.3) is 0 Å². The van der Waals surface area contributed by atoms with Gasteiger partial charge in [-0.3, -0.25) is 4.79 Å². The molecule has 0 saturated carbocycles. The fourth-order valence-corrected chi connectivity index (χ4v) is 0.873. The van der Waals surface area contributed by atoms with Crippen molar-refractivity contribution < 1.29 is 4.79 Å². The quantitative estimate of drug-likeness (QED) is 0.748. The van der Waals surface area contributed by atoms with Gasteiger partial charge in [-0.2, -0.15) is 0 Å². The summed E-state index contributed by atoms with van der Waals surface area (Å²) in [6.45, 7) is 1.60. The van der Waals surface area contributed by atoms with Crippen LogP contribution >= 0.6 is 11.6 Å². The number of nitrogens with zero attached hydrogens (tertiary/aromatic N) is 1. The Labute approximate surface area is 81.1 Å². The second kappa shape index (κ2) is 4.20. The van der Waals surface area contributed by atoms with E-state index in [2.05, 4.69) is 10.3 Å². The normalized spacial score (nSPS) is 12.2. The van der Waals surface area contributed by atoms with E-state index in [-0.39, 0.29) is 5.91 Å². The first-order valence-corrected chi connectivity index (χ1v) is 4.15. The first-order valence-electron chi connectivity index (χ1n) is 3.77. The minimum Gasteiger partial charge on any atom is -0.320 e. The summed E-state index contributed by atoms with van der Waals surface area (Å²) in [6, 6.07) is 2.63. The van der Waals surface area contributed by atoms with Gasteiger partial charge in [-0.15, -0.1) is 0 Å². The summed E-state index contributed by atoms with van der Waals surface area (Å²) in [4.78, 5) is 15.0. The minimum atomic E-state index is -0.555. The molecule has 13 heavy (non-hydrogen) atoms. The maximum Gasteiger partial charge on any atom is 0.242 e. The molecule has 1 heterocycles. The largest absolute Gasteiger partial charge is 0.320 e.